The third-order valence-corrected chi connectivity index (χ3v) is 4.16. The third kappa shape index (κ3) is 6.59. The van der Waals surface area contributed by atoms with E-state index in [1.807, 2.05) is 31.2 Å². The summed E-state index contributed by atoms with van der Waals surface area (Å²) in [5.41, 5.74) is 1.88. The first-order chi connectivity index (χ1) is 9.07. The van der Waals surface area contributed by atoms with Gasteiger partial charge in [0.2, 0.25) is 10.0 Å². The van der Waals surface area contributed by atoms with Gasteiger partial charge in [0, 0.05) is 5.69 Å². The number of hydrogen-bond acceptors (Lipinski definition) is 3. The van der Waals surface area contributed by atoms with E-state index in [9.17, 15) is 8.42 Å². The summed E-state index contributed by atoms with van der Waals surface area (Å²) in [5.74, 6) is 0.150. The molecule has 0 saturated carbocycles. The lowest BCUT2D eigenvalue weighted by atomic mass is 10.1. The summed E-state index contributed by atoms with van der Waals surface area (Å²) >= 11 is 0. The third-order valence-electron chi connectivity index (χ3n) is 2.78. The van der Waals surface area contributed by atoms with Crippen LogP contribution in [0.15, 0.2) is 24.3 Å². The lowest BCUT2D eigenvalue weighted by Gasteiger charge is -2.09. The summed E-state index contributed by atoms with van der Waals surface area (Å²) in [6, 6.07) is 7.60. The standard InChI is InChI=1S/C14H24N2O2S/c1-3-6-13-7-9-14(10-8-13)16-19(17,18)12-5-11-15-4-2/h7-10,15-16H,3-6,11-12H2,1-2H3. The largest absolute Gasteiger partial charge is 0.317 e. The van der Waals surface area contributed by atoms with Gasteiger partial charge in [-0.05, 0) is 43.6 Å². The number of hydrogen-bond donors (Lipinski definition) is 2. The molecule has 0 spiro atoms. The molecule has 0 aromatic heterocycles. The summed E-state index contributed by atoms with van der Waals surface area (Å²) in [7, 11) is -3.23. The first-order valence-corrected chi connectivity index (χ1v) is 8.52. The maximum atomic E-state index is 11.8. The predicted octanol–water partition coefficient (Wildman–Crippen LogP) is 2.38. The summed E-state index contributed by atoms with van der Waals surface area (Å²) in [6.07, 6.45) is 2.74. The van der Waals surface area contributed by atoms with Crippen LogP contribution < -0.4 is 10.0 Å². The zero-order valence-corrected chi connectivity index (χ0v) is 12.6. The van der Waals surface area contributed by atoms with Crippen LogP contribution in [0.2, 0.25) is 0 Å². The first-order valence-electron chi connectivity index (χ1n) is 6.87. The molecule has 0 aliphatic rings. The number of aryl methyl sites for hydroxylation is 1. The molecule has 1 aromatic carbocycles. The topological polar surface area (TPSA) is 58.2 Å². The van der Waals surface area contributed by atoms with Crippen LogP contribution in [0.1, 0.15) is 32.3 Å². The van der Waals surface area contributed by atoms with Crippen molar-refractivity contribution >= 4 is 15.7 Å². The highest BCUT2D eigenvalue weighted by atomic mass is 32.2. The number of anilines is 1. The molecule has 0 fully saturated rings. The highest BCUT2D eigenvalue weighted by molar-refractivity contribution is 7.92. The van der Waals surface area contributed by atoms with Gasteiger partial charge in [0.25, 0.3) is 0 Å². The fourth-order valence-electron chi connectivity index (χ4n) is 1.82. The van der Waals surface area contributed by atoms with Crippen LogP contribution in [0.25, 0.3) is 0 Å². The van der Waals surface area contributed by atoms with E-state index in [1.54, 1.807) is 0 Å². The molecule has 108 valence electrons. The smallest absolute Gasteiger partial charge is 0.232 e. The van der Waals surface area contributed by atoms with E-state index in [0.29, 0.717) is 12.1 Å². The minimum absolute atomic E-state index is 0.150. The maximum Gasteiger partial charge on any atom is 0.232 e. The van der Waals surface area contributed by atoms with Gasteiger partial charge in [0.05, 0.1) is 5.75 Å². The van der Waals surface area contributed by atoms with E-state index in [4.69, 9.17) is 0 Å². The fraction of sp³-hybridized carbons (Fsp3) is 0.571. The van der Waals surface area contributed by atoms with Gasteiger partial charge in [-0.2, -0.15) is 0 Å². The van der Waals surface area contributed by atoms with E-state index in [-0.39, 0.29) is 5.75 Å². The zero-order chi connectivity index (χ0) is 14.1. The van der Waals surface area contributed by atoms with Crippen LogP contribution in [0.5, 0.6) is 0 Å². The predicted molar refractivity (Wildman–Crippen MR) is 81.0 cm³/mol. The molecule has 0 heterocycles. The van der Waals surface area contributed by atoms with Gasteiger partial charge in [0.15, 0.2) is 0 Å². The van der Waals surface area contributed by atoms with Crippen LogP contribution in [-0.2, 0) is 16.4 Å². The van der Waals surface area contributed by atoms with Crippen molar-refractivity contribution in [1.82, 2.24) is 5.32 Å². The molecule has 0 saturated heterocycles. The average molecular weight is 284 g/mol. The minimum atomic E-state index is -3.23. The summed E-state index contributed by atoms with van der Waals surface area (Å²) in [6.45, 7) is 5.73. The second-order valence-corrected chi connectivity index (χ2v) is 6.42. The van der Waals surface area contributed by atoms with Crippen molar-refractivity contribution in [2.75, 3.05) is 23.6 Å². The van der Waals surface area contributed by atoms with Gasteiger partial charge >= 0.3 is 0 Å². The molecule has 0 unspecified atom stereocenters. The van der Waals surface area contributed by atoms with Crippen LogP contribution in [0, 0.1) is 0 Å². The molecule has 0 atom stereocenters. The highest BCUT2D eigenvalue weighted by Crippen LogP contribution is 2.12. The Morgan fingerprint density at radius 3 is 2.37 bits per heavy atom. The Bertz CT molecular complexity index is 455. The van der Waals surface area contributed by atoms with Crippen LogP contribution >= 0.6 is 0 Å². The quantitative estimate of drug-likeness (QED) is 0.685. The lowest BCUT2D eigenvalue weighted by molar-refractivity contribution is 0.595. The lowest BCUT2D eigenvalue weighted by Crippen LogP contribution is -2.21. The van der Waals surface area contributed by atoms with Gasteiger partial charge < -0.3 is 5.32 Å². The Labute approximate surface area is 116 Å². The molecule has 0 radical (unpaired) electrons. The SMILES string of the molecule is CCCc1ccc(NS(=O)(=O)CCCNCC)cc1. The van der Waals surface area contributed by atoms with E-state index in [0.717, 1.165) is 25.9 Å². The summed E-state index contributed by atoms with van der Waals surface area (Å²) in [4.78, 5) is 0. The zero-order valence-electron chi connectivity index (χ0n) is 11.8. The highest BCUT2D eigenvalue weighted by Gasteiger charge is 2.09. The normalized spacial score (nSPS) is 11.5. The van der Waals surface area contributed by atoms with Crippen molar-refractivity contribution in [1.29, 1.82) is 0 Å². The number of rotatable bonds is 9. The van der Waals surface area contributed by atoms with Crippen molar-refractivity contribution in [3.8, 4) is 0 Å². The molecule has 5 heteroatoms. The molecule has 1 rings (SSSR count). The van der Waals surface area contributed by atoms with Crippen molar-refractivity contribution in [2.45, 2.75) is 33.1 Å². The van der Waals surface area contributed by atoms with Crippen molar-refractivity contribution in [2.24, 2.45) is 0 Å². The van der Waals surface area contributed by atoms with E-state index in [1.165, 1.54) is 5.56 Å². The van der Waals surface area contributed by atoms with E-state index < -0.39 is 10.0 Å². The van der Waals surface area contributed by atoms with Crippen molar-refractivity contribution in [3.63, 3.8) is 0 Å². The number of sulfonamides is 1. The summed E-state index contributed by atoms with van der Waals surface area (Å²) < 4.78 is 26.3. The molecular formula is C14H24N2O2S. The molecule has 0 aliphatic heterocycles. The second kappa shape index (κ2) is 8.17. The van der Waals surface area contributed by atoms with Gasteiger partial charge in [-0.3, -0.25) is 4.72 Å². The second-order valence-electron chi connectivity index (χ2n) is 4.57. The van der Waals surface area contributed by atoms with Crippen LogP contribution in [-0.4, -0.2) is 27.3 Å². The molecule has 4 nitrogen and oxygen atoms in total. The summed E-state index contributed by atoms with van der Waals surface area (Å²) in [5, 5.41) is 3.11. The van der Waals surface area contributed by atoms with E-state index >= 15 is 0 Å². The van der Waals surface area contributed by atoms with Crippen LogP contribution in [0.3, 0.4) is 0 Å². The molecule has 0 bridgehead atoms. The molecular weight excluding hydrogens is 260 g/mol. The van der Waals surface area contributed by atoms with Crippen molar-refractivity contribution in [3.05, 3.63) is 29.8 Å². The van der Waals surface area contributed by atoms with E-state index in [2.05, 4.69) is 17.0 Å². The number of nitrogens with one attached hydrogen (secondary N) is 2. The molecule has 0 aliphatic carbocycles. The maximum absolute atomic E-state index is 11.8. The Morgan fingerprint density at radius 1 is 1.11 bits per heavy atom. The monoisotopic (exact) mass is 284 g/mol. The minimum Gasteiger partial charge on any atom is -0.317 e. The Hall–Kier alpha value is -1.07. The Morgan fingerprint density at radius 2 is 1.79 bits per heavy atom. The first kappa shape index (κ1) is 16.0. The van der Waals surface area contributed by atoms with Gasteiger partial charge in [0.1, 0.15) is 0 Å². The van der Waals surface area contributed by atoms with Gasteiger partial charge in [-0.25, -0.2) is 8.42 Å². The average Bonchev–Trinajstić information content (AvgIpc) is 2.37. The molecule has 19 heavy (non-hydrogen) atoms. The van der Waals surface area contributed by atoms with Crippen LogP contribution in [0.4, 0.5) is 5.69 Å². The van der Waals surface area contributed by atoms with Crippen molar-refractivity contribution < 1.29 is 8.42 Å². The molecule has 1 aromatic rings. The van der Waals surface area contributed by atoms with Gasteiger partial charge in [-0.1, -0.05) is 32.4 Å². The Balaban J connectivity index is 2.48. The van der Waals surface area contributed by atoms with Gasteiger partial charge in [-0.15, -0.1) is 0 Å². The Kier molecular flexibility index (Phi) is 6.87. The molecule has 2 N–H and O–H groups in total. The number of benzene rings is 1. The fourth-order valence-corrected chi connectivity index (χ4v) is 2.94. The molecule has 0 amide bonds.